The van der Waals surface area contributed by atoms with Gasteiger partial charge in [0.25, 0.3) is 0 Å². The van der Waals surface area contributed by atoms with Crippen molar-refractivity contribution < 1.29 is 4.74 Å². The molecule has 1 atom stereocenters. The fourth-order valence-corrected chi connectivity index (χ4v) is 2.35. The molecular formula is C14H20N2O. The van der Waals surface area contributed by atoms with Gasteiger partial charge in [-0.1, -0.05) is 24.3 Å². The summed E-state index contributed by atoms with van der Waals surface area (Å²) in [5.74, 6) is 1.19. The van der Waals surface area contributed by atoms with Crippen LogP contribution in [-0.2, 0) is 17.6 Å². The van der Waals surface area contributed by atoms with Crippen LogP contribution in [0.3, 0.4) is 0 Å². The molecular weight excluding hydrogens is 212 g/mol. The lowest BCUT2D eigenvalue weighted by Crippen LogP contribution is -2.29. The van der Waals surface area contributed by atoms with Crippen LogP contribution >= 0.6 is 0 Å². The molecule has 1 unspecified atom stereocenters. The summed E-state index contributed by atoms with van der Waals surface area (Å²) >= 11 is 0. The van der Waals surface area contributed by atoms with Crippen LogP contribution in [0.4, 0.5) is 0 Å². The van der Waals surface area contributed by atoms with Gasteiger partial charge in [0.05, 0.1) is 19.0 Å². The van der Waals surface area contributed by atoms with E-state index < -0.39 is 0 Å². The van der Waals surface area contributed by atoms with Crippen LogP contribution in [0.1, 0.15) is 17.5 Å². The summed E-state index contributed by atoms with van der Waals surface area (Å²) in [5.41, 5.74) is 8.93. The molecule has 0 saturated carbocycles. The lowest BCUT2D eigenvalue weighted by atomic mass is 9.83. The van der Waals surface area contributed by atoms with Gasteiger partial charge in [-0.2, -0.15) is 0 Å². The van der Waals surface area contributed by atoms with Crippen LogP contribution in [0.25, 0.3) is 0 Å². The van der Waals surface area contributed by atoms with Gasteiger partial charge in [0, 0.05) is 13.0 Å². The summed E-state index contributed by atoms with van der Waals surface area (Å²) in [4.78, 5) is 4.38. The van der Waals surface area contributed by atoms with E-state index in [-0.39, 0.29) is 0 Å². The first-order valence-corrected chi connectivity index (χ1v) is 6.17. The maximum Gasteiger partial charge on any atom is 0.0972 e. The molecule has 0 saturated heterocycles. The topological polar surface area (TPSA) is 47.6 Å². The number of ether oxygens (including phenoxy) is 1. The minimum atomic E-state index is 0.404. The Labute approximate surface area is 103 Å². The number of nitrogens with two attached hydrogens (primary N) is 1. The lowest BCUT2D eigenvalue weighted by Gasteiger charge is -2.24. The molecule has 0 radical (unpaired) electrons. The Balaban J connectivity index is 1.99. The summed E-state index contributed by atoms with van der Waals surface area (Å²) in [6, 6.07) is 8.61. The zero-order chi connectivity index (χ0) is 12.1. The normalized spacial score (nSPS) is 20.1. The summed E-state index contributed by atoms with van der Waals surface area (Å²) in [7, 11) is 1.68. The number of benzene rings is 1. The van der Waals surface area contributed by atoms with Crippen molar-refractivity contribution in [3.8, 4) is 0 Å². The van der Waals surface area contributed by atoms with Crippen molar-refractivity contribution in [3.05, 3.63) is 35.4 Å². The van der Waals surface area contributed by atoms with E-state index in [1.54, 1.807) is 7.11 Å². The van der Waals surface area contributed by atoms with Gasteiger partial charge < -0.3 is 10.5 Å². The van der Waals surface area contributed by atoms with Crippen LogP contribution in [-0.4, -0.2) is 26.1 Å². The molecule has 0 bridgehead atoms. The second-order valence-electron chi connectivity index (χ2n) is 4.51. The predicted molar refractivity (Wildman–Crippen MR) is 70.3 cm³/mol. The van der Waals surface area contributed by atoms with Gasteiger partial charge >= 0.3 is 0 Å². The fourth-order valence-electron chi connectivity index (χ4n) is 2.35. The summed E-state index contributed by atoms with van der Waals surface area (Å²) in [6.07, 6.45) is 3.25. The van der Waals surface area contributed by atoms with Gasteiger partial charge in [-0.3, -0.25) is 4.99 Å². The zero-order valence-corrected chi connectivity index (χ0v) is 10.4. The number of methoxy groups -OCH3 is 1. The lowest BCUT2D eigenvalue weighted by molar-refractivity contribution is 0.208. The van der Waals surface area contributed by atoms with Crippen LogP contribution in [0.15, 0.2) is 29.3 Å². The van der Waals surface area contributed by atoms with Gasteiger partial charge in [0.15, 0.2) is 0 Å². The van der Waals surface area contributed by atoms with Crippen molar-refractivity contribution in [2.75, 3.05) is 20.3 Å². The Morgan fingerprint density at radius 3 is 2.94 bits per heavy atom. The highest BCUT2D eigenvalue weighted by Gasteiger charge is 2.20. The van der Waals surface area contributed by atoms with Crippen LogP contribution < -0.4 is 5.73 Å². The maximum absolute atomic E-state index is 6.04. The number of amidine groups is 1. The highest BCUT2D eigenvalue weighted by molar-refractivity contribution is 5.83. The molecule has 1 aliphatic carbocycles. The molecule has 92 valence electrons. The molecule has 0 amide bonds. The van der Waals surface area contributed by atoms with E-state index in [1.165, 1.54) is 11.1 Å². The highest BCUT2D eigenvalue weighted by Crippen LogP contribution is 2.25. The SMILES string of the molecule is COCCN=C(N)C1CCc2ccccc2C1. The zero-order valence-electron chi connectivity index (χ0n) is 10.4. The summed E-state index contributed by atoms with van der Waals surface area (Å²) in [5, 5.41) is 0. The van der Waals surface area contributed by atoms with E-state index in [2.05, 4.69) is 29.3 Å². The van der Waals surface area contributed by atoms with Crippen molar-refractivity contribution in [2.45, 2.75) is 19.3 Å². The average molecular weight is 232 g/mol. The maximum atomic E-state index is 6.04. The highest BCUT2D eigenvalue weighted by atomic mass is 16.5. The number of hydrogen-bond acceptors (Lipinski definition) is 2. The minimum absolute atomic E-state index is 0.404. The Hall–Kier alpha value is -1.35. The van der Waals surface area contributed by atoms with Crippen LogP contribution in [0.5, 0.6) is 0 Å². The quantitative estimate of drug-likeness (QED) is 0.489. The fraction of sp³-hybridized carbons (Fsp3) is 0.500. The third-order valence-electron chi connectivity index (χ3n) is 3.35. The standard InChI is InChI=1S/C14H20N2O/c1-17-9-8-16-14(15)13-7-6-11-4-2-3-5-12(11)10-13/h2-5,13H,6-10H2,1H3,(H2,15,16). The Morgan fingerprint density at radius 1 is 1.41 bits per heavy atom. The van der Waals surface area contributed by atoms with E-state index in [0.29, 0.717) is 19.1 Å². The molecule has 1 aromatic carbocycles. The minimum Gasteiger partial charge on any atom is -0.387 e. The third kappa shape index (κ3) is 3.07. The molecule has 0 fully saturated rings. The first-order chi connectivity index (χ1) is 8.31. The second-order valence-corrected chi connectivity index (χ2v) is 4.51. The Morgan fingerprint density at radius 2 is 2.18 bits per heavy atom. The first kappa shape index (κ1) is 12.1. The van der Waals surface area contributed by atoms with E-state index in [1.807, 2.05) is 0 Å². The average Bonchev–Trinajstić information content (AvgIpc) is 2.38. The first-order valence-electron chi connectivity index (χ1n) is 6.17. The number of aryl methyl sites for hydroxylation is 1. The Bertz CT molecular complexity index is 401. The van der Waals surface area contributed by atoms with E-state index in [4.69, 9.17) is 10.5 Å². The molecule has 1 aliphatic rings. The van der Waals surface area contributed by atoms with Gasteiger partial charge in [-0.25, -0.2) is 0 Å². The smallest absolute Gasteiger partial charge is 0.0972 e. The van der Waals surface area contributed by atoms with Crippen LogP contribution in [0.2, 0.25) is 0 Å². The molecule has 0 aromatic heterocycles. The molecule has 0 heterocycles. The molecule has 0 aliphatic heterocycles. The van der Waals surface area contributed by atoms with Crippen molar-refractivity contribution in [1.29, 1.82) is 0 Å². The molecule has 17 heavy (non-hydrogen) atoms. The van der Waals surface area contributed by atoms with E-state index in [9.17, 15) is 0 Å². The predicted octanol–water partition coefficient (Wildman–Crippen LogP) is 1.80. The molecule has 3 heteroatoms. The number of fused-ring (bicyclic) bond motifs is 1. The molecule has 0 spiro atoms. The van der Waals surface area contributed by atoms with Crippen molar-refractivity contribution in [1.82, 2.24) is 0 Å². The largest absolute Gasteiger partial charge is 0.387 e. The molecule has 3 nitrogen and oxygen atoms in total. The molecule has 2 rings (SSSR count). The second kappa shape index (κ2) is 5.82. The molecule has 1 aromatic rings. The van der Waals surface area contributed by atoms with Crippen molar-refractivity contribution in [3.63, 3.8) is 0 Å². The summed E-state index contributed by atoms with van der Waals surface area (Å²) in [6.45, 7) is 1.31. The monoisotopic (exact) mass is 232 g/mol. The number of hydrogen-bond donors (Lipinski definition) is 1. The van der Waals surface area contributed by atoms with Crippen molar-refractivity contribution in [2.24, 2.45) is 16.6 Å². The number of aliphatic imine (C=N–C) groups is 1. The van der Waals surface area contributed by atoms with Gasteiger partial charge in [-0.15, -0.1) is 0 Å². The van der Waals surface area contributed by atoms with E-state index in [0.717, 1.165) is 25.1 Å². The van der Waals surface area contributed by atoms with E-state index >= 15 is 0 Å². The third-order valence-corrected chi connectivity index (χ3v) is 3.35. The summed E-state index contributed by atoms with van der Waals surface area (Å²) < 4.78 is 4.97. The van der Waals surface area contributed by atoms with Crippen LogP contribution in [0, 0.1) is 5.92 Å². The number of rotatable bonds is 4. The van der Waals surface area contributed by atoms with Crippen molar-refractivity contribution >= 4 is 5.84 Å². The Kier molecular flexibility index (Phi) is 4.15. The molecule has 2 N–H and O–H groups in total. The van der Waals surface area contributed by atoms with Gasteiger partial charge in [-0.05, 0) is 30.4 Å². The number of nitrogens with zero attached hydrogens (tertiary/aromatic N) is 1. The van der Waals surface area contributed by atoms with Gasteiger partial charge in [0.1, 0.15) is 0 Å². The van der Waals surface area contributed by atoms with Gasteiger partial charge in [0.2, 0.25) is 0 Å².